The van der Waals surface area contributed by atoms with Gasteiger partial charge in [0.15, 0.2) is 0 Å². The second kappa shape index (κ2) is 4.01. The fourth-order valence-electron chi connectivity index (χ4n) is 2.18. The van der Waals surface area contributed by atoms with Gasteiger partial charge in [-0.05, 0) is 32.1 Å². The van der Waals surface area contributed by atoms with E-state index in [0.29, 0.717) is 0 Å². The summed E-state index contributed by atoms with van der Waals surface area (Å²) in [5.41, 5.74) is 4.99. The zero-order valence-electron chi connectivity index (χ0n) is 10.1. The molecule has 0 atom stereocenters. The van der Waals surface area contributed by atoms with E-state index in [1.165, 1.54) is 27.7 Å². The summed E-state index contributed by atoms with van der Waals surface area (Å²) in [4.78, 5) is 0. The molecular weight excluding hydrogens is 194 g/mol. The summed E-state index contributed by atoms with van der Waals surface area (Å²) in [5, 5.41) is 1.28. The van der Waals surface area contributed by atoms with Crippen molar-refractivity contribution >= 4 is 23.1 Å². The molecule has 0 N–H and O–H groups in total. The predicted molar refractivity (Wildman–Crippen MR) is 72.5 cm³/mol. The van der Waals surface area contributed by atoms with Crippen LogP contribution in [0.4, 0.5) is 0 Å². The summed E-state index contributed by atoms with van der Waals surface area (Å²) in [6.07, 6.45) is 6.14. The van der Waals surface area contributed by atoms with Crippen molar-refractivity contribution in [1.29, 1.82) is 0 Å². The van der Waals surface area contributed by atoms with Gasteiger partial charge in [-0.15, -0.1) is 0 Å². The maximum Gasteiger partial charge on any atom is 0.0488 e. The first-order valence-electron chi connectivity index (χ1n) is 5.53. The average Bonchev–Trinajstić information content (AvgIpc) is 2.52. The Kier molecular flexibility index (Phi) is 2.69. The molecule has 82 valence electrons. The number of hydrogen-bond acceptors (Lipinski definition) is 0. The summed E-state index contributed by atoms with van der Waals surface area (Å²) in [7, 11) is 2.10. The van der Waals surface area contributed by atoms with Crippen LogP contribution < -0.4 is 0 Å². The third-order valence-corrected chi connectivity index (χ3v) is 2.97. The maximum absolute atomic E-state index is 3.92. The molecule has 1 heterocycles. The fraction of sp³-hybridized carbons (Fsp3) is 0.200. The smallest absolute Gasteiger partial charge is 0.0488 e. The zero-order valence-corrected chi connectivity index (χ0v) is 10.1. The van der Waals surface area contributed by atoms with Crippen LogP contribution in [0.15, 0.2) is 30.9 Å². The minimum atomic E-state index is 1.22. The van der Waals surface area contributed by atoms with Gasteiger partial charge in [0.1, 0.15) is 0 Å². The Bertz CT molecular complexity index is 571. The van der Waals surface area contributed by atoms with Gasteiger partial charge in [0, 0.05) is 29.2 Å². The third kappa shape index (κ3) is 1.49. The van der Waals surface area contributed by atoms with Crippen molar-refractivity contribution in [3.63, 3.8) is 0 Å². The van der Waals surface area contributed by atoms with E-state index >= 15 is 0 Å². The molecule has 0 unspecified atom stereocenters. The number of hydrogen-bond donors (Lipinski definition) is 0. The van der Waals surface area contributed by atoms with Crippen molar-refractivity contribution in [2.24, 2.45) is 7.05 Å². The third-order valence-electron chi connectivity index (χ3n) is 2.97. The van der Waals surface area contributed by atoms with Crippen LogP contribution in [-0.4, -0.2) is 4.57 Å². The number of fused-ring (bicyclic) bond motifs is 1. The quantitative estimate of drug-likeness (QED) is 0.702. The molecule has 16 heavy (non-hydrogen) atoms. The molecule has 1 aromatic heterocycles. The second-order valence-corrected chi connectivity index (χ2v) is 4.08. The SMILES string of the molecule is C=Cc1c(/C=C\C)n(C)c2ccc(C)cc12. The molecular formula is C15H17N. The van der Waals surface area contributed by atoms with Gasteiger partial charge in [-0.1, -0.05) is 30.4 Å². The number of aromatic nitrogens is 1. The van der Waals surface area contributed by atoms with E-state index in [2.05, 4.69) is 55.5 Å². The van der Waals surface area contributed by atoms with Gasteiger partial charge < -0.3 is 4.57 Å². The number of allylic oxidation sites excluding steroid dienone is 1. The molecule has 0 aliphatic carbocycles. The molecule has 1 heteroatoms. The molecule has 0 saturated carbocycles. The van der Waals surface area contributed by atoms with E-state index in [0.717, 1.165) is 0 Å². The molecule has 0 spiro atoms. The number of aryl methyl sites for hydroxylation is 2. The van der Waals surface area contributed by atoms with Gasteiger partial charge in [0.05, 0.1) is 0 Å². The van der Waals surface area contributed by atoms with Crippen LogP contribution in [-0.2, 0) is 7.05 Å². The lowest BCUT2D eigenvalue weighted by molar-refractivity contribution is 0.953. The van der Waals surface area contributed by atoms with Crippen LogP contribution >= 0.6 is 0 Å². The molecule has 0 aliphatic heterocycles. The summed E-state index contributed by atoms with van der Waals surface area (Å²) >= 11 is 0. The lowest BCUT2D eigenvalue weighted by Crippen LogP contribution is -1.90. The van der Waals surface area contributed by atoms with Crippen LogP contribution in [0.1, 0.15) is 23.7 Å². The van der Waals surface area contributed by atoms with Crippen molar-refractivity contribution < 1.29 is 0 Å². The number of benzene rings is 1. The normalized spacial score (nSPS) is 11.4. The van der Waals surface area contributed by atoms with Crippen molar-refractivity contribution in [2.75, 3.05) is 0 Å². The maximum atomic E-state index is 3.92. The first kappa shape index (κ1) is 10.7. The Labute approximate surface area is 96.7 Å². The Hall–Kier alpha value is -1.76. The Morgan fingerprint density at radius 1 is 1.31 bits per heavy atom. The summed E-state index contributed by atoms with van der Waals surface area (Å²) in [6.45, 7) is 8.08. The molecule has 0 bridgehead atoms. The van der Waals surface area contributed by atoms with Crippen LogP contribution in [0, 0.1) is 6.92 Å². The molecule has 1 nitrogen and oxygen atoms in total. The Morgan fingerprint density at radius 3 is 2.69 bits per heavy atom. The van der Waals surface area contributed by atoms with Crippen molar-refractivity contribution in [1.82, 2.24) is 4.57 Å². The van der Waals surface area contributed by atoms with E-state index in [1.807, 2.05) is 13.0 Å². The van der Waals surface area contributed by atoms with Crippen LogP contribution in [0.3, 0.4) is 0 Å². The highest BCUT2D eigenvalue weighted by atomic mass is 14.9. The van der Waals surface area contributed by atoms with Crippen LogP contribution in [0.2, 0.25) is 0 Å². The summed E-state index contributed by atoms with van der Waals surface area (Å²) in [5.74, 6) is 0. The number of nitrogens with zero attached hydrogens (tertiary/aromatic N) is 1. The monoisotopic (exact) mass is 211 g/mol. The van der Waals surface area contributed by atoms with E-state index in [9.17, 15) is 0 Å². The van der Waals surface area contributed by atoms with Gasteiger partial charge in [0.25, 0.3) is 0 Å². The van der Waals surface area contributed by atoms with Crippen molar-refractivity contribution in [3.05, 3.63) is 47.7 Å². The van der Waals surface area contributed by atoms with Gasteiger partial charge in [-0.3, -0.25) is 0 Å². The molecule has 0 radical (unpaired) electrons. The zero-order chi connectivity index (χ0) is 11.7. The molecule has 0 aliphatic rings. The largest absolute Gasteiger partial charge is 0.344 e. The minimum Gasteiger partial charge on any atom is -0.344 e. The van der Waals surface area contributed by atoms with E-state index in [4.69, 9.17) is 0 Å². The predicted octanol–water partition coefficient (Wildman–Crippen LogP) is 4.16. The molecule has 0 amide bonds. The van der Waals surface area contributed by atoms with E-state index in [-0.39, 0.29) is 0 Å². The van der Waals surface area contributed by atoms with Gasteiger partial charge in [-0.2, -0.15) is 0 Å². The van der Waals surface area contributed by atoms with E-state index < -0.39 is 0 Å². The van der Waals surface area contributed by atoms with Gasteiger partial charge >= 0.3 is 0 Å². The fourth-order valence-corrected chi connectivity index (χ4v) is 2.18. The highest BCUT2D eigenvalue weighted by molar-refractivity contribution is 5.94. The van der Waals surface area contributed by atoms with Crippen LogP contribution in [0.5, 0.6) is 0 Å². The first-order chi connectivity index (χ1) is 7.69. The molecule has 2 aromatic rings. The lowest BCUT2D eigenvalue weighted by Gasteiger charge is -1.99. The Morgan fingerprint density at radius 2 is 2.06 bits per heavy atom. The Balaban J connectivity index is 2.90. The summed E-state index contributed by atoms with van der Waals surface area (Å²) < 4.78 is 2.21. The molecule has 2 rings (SSSR count). The van der Waals surface area contributed by atoms with Gasteiger partial charge in [-0.25, -0.2) is 0 Å². The highest BCUT2D eigenvalue weighted by Gasteiger charge is 2.10. The number of rotatable bonds is 2. The second-order valence-electron chi connectivity index (χ2n) is 4.08. The molecule has 1 aromatic carbocycles. The topological polar surface area (TPSA) is 4.93 Å². The average molecular weight is 211 g/mol. The standard InChI is InChI=1S/C15H17N/c1-5-7-14-12(6-2)13-10-11(3)8-9-15(13)16(14)4/h5-10H,2H2,1,3-4H3/b7-5-. The minimum absolute atomic E-state index is 1.22. The van der Waals surface area contributed by atoms with Crippen LogP contribution in [0.25, 0.3) is 23.1 Å². The first-order valence-corrected chi connectivity index (χ1v) is 5.53. The highest BCUT2D eigenvalue weighted by Crippen LogP contribution is 2.28. The van der Waals surface area contributed by atoms with Gasteiger partial charge in [0.2, 0.25) is 0 Å². The van der Waals surface area contributed by atoms with E-state index in [1.54, 1.807) is 0 Å². The molecule has 0 saturated heterocycles. The van der Waals surface area contributed by atoms with Crippen molar-refractivity contribution in [3.8, 4) is 0 Å². The van der Waals surface area contributed by atoms with Crippen molar-refractivity contribution in [2.45, 2.75) is 13.8 Å². The lowest BCUT2D eigenvalue weighted by atomic mass is 10.1. The summed E-state index contributed by atoms with van der Waals surface area (Å²) in [6, 6.07) is 6.54. The molecule has 0 fully saturated rings.